The summed E-state index contributed by atoms with van der Waals surface area (Å²) in [5.74, 6) is 0.716. The van der Waals surface area contributed by atoms with E-state index in [9.17, 15) is 9.18 Å². The summed E-state index contributed by atoms with van der Waals surface area (Å²) >= 11 is 1.71. The molecular formula is C22H26FN3OS. The maximum absolute atomic E-state index is 13.0. The zero-order chi connectivity index (χ0) is 19.8. The third-order valence-electron chi connectivity index (χ3n) is 4.55. The van der Waals surface area contributed by atoms with Crippen molar-refractivity contribution in [3.05, 3.63) is 59.9 Å². The van der Waals surface area contributed by atoms with Gasteiger partial charge in [0.15, 0.2) is 5.16 Å². The Kier molecular flexibility index (Phi) is 7.48. The molecule has 0 aliphatic carbocycles. The molecule has 1 aromatic heterocycles. The van der Waals surface area contributed by atoms with E-state index < -0.39 is 0 Å². The molecule has 1 amide bonds. The van der Waals surface area contributed by atoms with Crippen molar-refractivity contribution in [3.8, 4) is 0 Å². The van der Waals surface area contributed by atoms with E-state index in [1.165, 1.54) is 25.0 Å². The van der Waals surface area contributed by atoms with Crippen molar-refractivity contribution in [1.29, 1.82) is 0 Å². The number of carbonyl (C=O) groups is 1. The van der Waals surface area contributed by atoms with Crippen LogP contribution >= 0.6 is 11.8 Å². The van der Waals surface area contributed by atoms with Crippen LogP contribution in [0.2, 0.25) is 0 Å². The summed E-state index contributed by atoms with van der Waals surface area (Å²) in [6, 6.07) is 14.3. The van der Waals surface area contributed by atoms with Crippen LogP contribution in [0, 0.1) is 5.82 Å². The number of rotatable bonds is 10. The molecule has 4 nitrogen and oxygen atoms in total. The van der Waals surface area contributed by atoms with Crippen molar-refractivity contribution in [3.63, 3.8) is 0 Å². The summed E-state index contributed by atoms with van der Waals surface area (Å²) in [7, 11) is 0. The third kappa shape index (κ3) is 5.58. The molecule has 0 aliphatic heterocycles. The van der Waals surface area contributed by atoms with Crippen LogP contribution in [0.1, 0.15) is 31.7 Å². The highest BCUT2D eigenvalue weighted by Gasteiger charge is 2.13. The maximum atomic E-state index is 13.0. The van der Waals surface area contributed by atoms with Gasteiger partial charge in [0.2, 0.25) is 5.91 Å². The van der Waals surface area contributed by atoms with Gasteiger partial charge in [0.25, 0.3) is 0 Å². The molecule has 0 unspecified atom stereocenters. The van der Waals surface area contributed by atoms with Crippen molar-refractivity contribution < 1.29 is 9.18 Å². The SMILES string of the molecule is CCCCCSc1nc2ccccc2n1CC(=O)NCCc1ccc(F)cc1. The van der Waals surface area contributed by atoms with Gasteiger partial charge < -0.3 is 9.88 Å². The molecule has 0 saturated carbocycles. The van der Waals surface area contributed by atoms with Gasteiger partial charge in [0.05, 0.1) is 11.0 Å². The first-order valence-corrected chi connectivity index (χ1v) is 10.7. The molecular weight excluding hydrogens is 373 g/mol. The van der Waals surface area contributed by atoms with E-state index in [4.69, 9.17) is 4.98 Å². The molecule has 28 heavy (non-hydrogen) atoms. The predicted octanol–water partition coefficient (Wildman–Crippen LogP) is 4.82. The number of fused-ring (bicyclic) bond motifs is 1. The highest BCUT2D eigenvalue weighted by molar-refractivity contribution is 7.99. The summed E-state index contributed by atoms with van der Waals surface area (Å²) < 4.78 is 15.0. The Morgan fingerprint density at radius 3 is 2.71 bits per heavy atom. The molecule has 0 spiro atoms. The standard InChI is InChI=1S/C22H26FN3OS/c1-2-3-6-15-28-22-25-19-7-4-5-8-20(19)26(22)16-21(27)24-14-13-17-9-11-18(23)12-10-17/h4-5,7-12H,2-3,6,13-16H2,1H3,(H,24,27). The normalized spacial score (nSPS) is 11.1. The fourth-order valence-corrected chi connectivity index (χ4v) is 4.04. The van der Waals surface area contributed by atoms with Crippen molar-refractivity contribution in [1.82, 2.24) is 14.9 Å². The molecule has 1 heterocycles. The molecule has 148 valence electrons. The van der Waals surface area contributed by atoms with Crippen molar-refractivity contribution in [2.75, 3.05) is 12.3 Å². The van der Waals surface area contributed by atoms with Gasteiger partial charge in [-0.1, -0.05) is 55.8 Å². The monoisotopic (exact) mass is 399 g/mol. The molecule has 1 N–H and O–H groups in total. The number of aromatic nitrogens is 2. The molecule has 0 bridgehead atoms. The van der Waals surface area contributed by atoms with Crippen LogP contribution in [-0.2, 0) is 17.8 Å². The Labute approximate surface area is 169 Å². The molecule has 0 fully saturated rings. The number of unbranched alkanes of at least 4 members (excludes halogenated alkanes) is 2. The van der Waals surface area contributed by atoms with Gasteiger partial charge in [-0.2, -0.15) is 0 Å². The van der Waals surface area contributed by atoms with Crippen LogP contribution in [0.3, 0.4) is 0 Å². The number of para-hydroxylation sites is 2. The van der Waals surface area contributed by atoms with Gasteiger partial charge >= 0.3 is 0 Å². The van der Waals surface area contributed by atoms with E-state index in [-0.39, 0.29) is 18.3 Å². The number of amides is 1. The second-order valence-corrected chi connectivity index (χ2v) is 7.81. The second-order valence-electron chi connectivity index (χ2n) is 6.75. The van der Waals surface area contributed by atoms with Crippen LogP contribution in [0.4, 0.5) is 4.39 Å². The number of thioether (sulfide) groups is 1. The molecule has 2 aromatic carbocycles. The van der Waals surface area contributed by atoms with Crippen LogP contribution in [0.5, 0.6) is 0 Å². The van der Waals surface area contributed by atoms with Crippen LogP contribution in [0.15, 0.2) is 53.7 Å². The average Bonchev–Trinajstić information content (AvgIpc) is 3.04. The number of imidazole rings is 1. The smallest absolute Gasteiger partial charge is 0.240 e. The van der Waals surface area contributed by atoms with Crippen LogP contribution < -0.4 is 5.32 Å². The molecule has 6 heteroatoms. The Morgan fingerprint density at radius 1 is 1.14 bits per heavy atom. The Bertz CT molecular complexity index is 908. The average molecular weight is 400 g/mol. The van der Waals surface area contributed by atoms with Gasteiger partial charge in [0, 0.05) is 12.3 Å². The van der Waals surface area contributed by atoms with Crippen LogP contribution in [-0.4, -0.2) is 27.8 Å². The van der Waals surface area contributed by atoms with E-state index in [0.717, 1.165) is 33.9 Å². The lowest BCUT2D eigenvalue weighted by molar-refractivity contribution is -0.121. The van der Waals surface area contributed by atoms with Crippen LogP contribution in [0.25, 0.3) is 11.0 Å². The summed E-state index contributed by atoms with van der Waals surface area (Å²) in [5, 5.41) is 3.86. The van der Waals surface area contributed by atoms with E-state index >= 15 is 0 Å². The lowest BCUT2D eigenvalue weighted by Gasteiger charge is -2.10. The van der Waals surface area contributed by atoms with Crippen molar-refractivity contribution in [2.45, 2.75) is 44.3 Å². The summed E-state index contributed by atoms with van der Waals surface area (Å²) in [6.07, 6.45) is 4.22. The molecule has 0 atom stereocenters. The van der Waals surface area contributed by atoms with Crippen molar-refractivity contribution in [2.24, 2.45) is 0 Å². The molecule has 3 aromatic rings. The van der Waals surface area contributed by atoms with Gasteiger partial charge in [-0.15, -0.1) is 0 Å². The number of nitrogens with zero attached hydrogens (tertiary/aromatic N) is 2. The first kappa shape index (κ1) is 20.4. The molecule has 3 rings (SSSR count). The van der Waals surface area contributed by atoms with E-state index in [1.54, 1.807) is 23.9 Å². The highest BCUT2D eigenvalue weighted by atomic mass is 32.2. The largest absolute Gasteiger partial charge is 0.354 e. The summed E-state index contributed by atoms with van der Waals surface area (Å²) in [4.78, 5) is 17.2. The minimum atomic E-state index is -0.247. The van der Waals surface area contributed by atoms with Gasteiger partial charge in [-0.3, -0.25) is 4.79 Å². The fourth-order valence-electron chi connectivity index (χ4n) is 3.03. The number of carbonyl (C=O) groups excluding carboxylic acids is 1. The van der Waals surface area contributed by atoms with E-state index in [1.807, 2.05) is 28.8 Å². The topological polar surface area (TPSA) is 46.9 Å². The number of nitrogens with one attached hydrogen (secondary N) is 1. The zero-order valence-electron chi connectivity index (χ0n) is 16.2. The molecule has 0 aliphatic rings. The van der Waals surface area contributed by atoms with Gasteiger partial charge in [-0.05, 0) is 42.7 Å². The Hall–Kier alpha value is -2.34. The first-order valence-electron chi connectivity index (χ1n) is 9.76. The quantitative estimate of drug-likeness (QED) is 0.393. The number of halogens is 1. The number of hydrogen-bond acceptors (Lipinski definition) is 3. The first-order chi connectivity index (χ1) is 13.7. The fraction of sp³-hybridized carbons (Fsp3) is 0.364. The minimum Gasteiger partial charge on any atom is -0.354 e. The molecule has 0 radical (unpaired) electrons. The van der Waals surface area contributed by atoms with E-state index in [0.29, 0.717) is 13.0 Å². The molecule has 0 saturated heterocycles. The second kappa shape index (κ2) is 10.3. The summed E-state index contributed by atoms with van der Waals surface area (Å²) in [5.41, 5.74) is 2.90. The lowest BCUT2D eigenvalue weighted by atomic mass is 10.1. The zero-order valence-corrected chi connectivity index (χ0v) is 17.0. The summed E-state index contributed by atoms with van der Waals surface area (Å²) in [6.45, 7) is 2.96. The van der Waals surface area contributed by atoms with Gasteiger partial charge in [-0.25, -0.2) is 9.37 Å². The maximum Gasteiger partial charge on any atom is 0.240 e. The number of benzene rings is 2. The lowest BCUT2D eigenvalue weighted by Crippen LogP contribution is -2.29. The Morgan fingerprint density at radius 2 is 1.93 bits per heavy atom. The third-order valence-corrected chi connectivity index (χ3v) is 5.61. The highest BCUT2D eigenvalue weighted by Crippen LogP contribution is 2.25. The predicted molar refractivity (Wildman–Crippen MR) is 113 cm³/mol. The van der Waals surface area contributed by atoms with Gasteiger partial charge in [0.1, 0.15) is 12.4 Å². The Balaban J connectivity index is 1.61. The number of hydrogen-bond donors (Lipinski definition) is 1. The van der Waals surface area contributed by atoms with E-state index in [2.05, 4.69) is 12.2 Å². The van der Waals surface area contributed by atoms with Crippen molar-refractivity contribution >= 4 is 28.7 Å². The minimum absolute atomic E-state index is 0.0410.